The first kappa shape index (κ1) is 26.6. The number of carbonyl (C=O) groups is 2. The van der Waals surface area contributed by atoms with Gasteiger partial charge in [0.25, 0.3) is 5.91 Å². The lowest BCUT2D eigenvalue weighted by molar-refractivity contribution is -0.130. The summed E-state index contributed by atoms with van der Waals surface area (Å²) in [7, 11) is -3.74. The molecule has 2 aromatic heterocycles. The smallest absolute Gasteiger partial charge is 0.259 e. The molecule has 3 aliphatic rings. The summed E-state index contributed by atoms with van der Waals surface area (Å²) < 4.78 is 35.1. The van der Waals surface area contributed by atoms with Crippen LogP contribution in [0.2, 0.25) is 0 Å². The molecule has 2 saturated carbocycles. The third-order valence-electron chi connectivity index (χ3n) is 8.26. The zero-order valence-electron chi connectivity index (χ0n) is 22.7. The summed E-state index contributed by atoms with van der Waals surface area (Å²) in [6.45, 7) is 4.14. The summed E-state index contributed by atoms with van der Waals surface area (Å²) in [6, 6.07) is 18.8. The van der Waals surface area contributed by atoms with E-state index in [-0.39, 0.29) is 17.9 Å². The molecule has 1 unspecified atom stereocenters. The van der Waals surface area contributed by atoms with Gasteiger partial charge in [0.15, 0.2) is 5.65 Å². The molecular weight excluding hydrogens is 556 g/mol. The quantitative estimate of drug-likeness (QED) is 0.254. The maximum Gasteiger partial charge on any atom is 0.259 e. The number of nitrogens with one attached hydrogen (secondary N) is 3. The number of amides is 2. The van der Waals surface area contributed by atoms with Crippen LogP contribution in [0.3, 0.4) is 0 Å². The summed E-state index contributed by atoms with van der Waals surface area (Å²) in [5.74, 6) is -0.950. The molecule has 1 saturated heterocycles. The minimum absolute atomic E-state index is 0.297. The molecule has 216 valence electrons. The van der Waals surface area contributed by atoms with E-state index < -0.39 is 32.8 Å². The number of nitrogens with zero attached hydrogens (tertiary/aromatic N) is 3. The van der Waals surface area contributed by atoms with Crippen LogP contribution in [-0.2, 0) is 19.6 Å². The summed E-state index contributed by atoms with van der Waals surface area (Å²) in [4.78, 5) is 31.2. The van der Waals surface area contributed by atoms with Crippen LogP contribution < -0.4 is 20.1 Å². The number of benzene rings is 2. The third-order valence-corrected chi connectivity index (χ3v) is 10.1. The van der Waals surface area contributed by atoms with Crippen LogP contribution >= 0.6 is 0 Å². The molecule has 0 bridgehead atoms. The molecule has 0 radical (unpaired) electrons. The number of rotatable bonds is 9. The van der Waals surface area contributed by atoms with Gasteiger partial charge in [0.1, 0.15) is 11.6 Å². The van der Waals surface area contributed by atoms with E-state index >= 15 is 0 Å². The molecule has 4 atom stereocenters. The van der Waals surface area contributed by atoms with Crippen molar-refractivity contribution in [3.8, 4) is 17.1 Å². The lowest BCUT2D eigenvalue weighted by Crippen LogP contribution is -2.55. The van der Waals surface area contributed by atoms with Crippen LogP contribution in [-0.4, -0.2) is 64.3 Å². The highest BCUT2D eigenvalue weighted by atomic mass is 32.2. The van der Waals surface area contributed by atoms with Gasteiger partial charge >= 0.3 is 0 Å². The minimum Gasteiger partial charge on any atom is -0.473 e. The Morgan fingerprint density at radius 3 is 2.62 bits per heavy atom. The predicted molar refractivity (Wildman–Crippen MR) is 156 cm³/mol. The van der Waals surface area contributed by atoms with Crippen molar-refractivity contribution in [3.63, 3.8) is 0 Å². The van der Waals surface area contributed by atoms with Crippen LogP contribution in [0.25, 0.3) is 27.8 Å². The molecule has 2 aromatic carbocycles. The SMILES string of the molecule is C=C[C@@H]1CC1(NC(=O)[C@@H]1C[C@@H](Oc2cc(-c3ccccc3)nc3c4ccccc4nn23)CN1)C(=O)NS(=O)(=O)C1CC1. The maximum absolute atomic E-state index is 13.3. The Morgan fingerprint density at radius 2 is 1.88 bits per heavy atom. The molecule has 2 amide bonds. The first-order valence-corrected chi connectivity index (χ1v) is 15.6. The van der Waals surface area contributed by atoms with Crippen molar-refractivity contribution in [1.82, 2.24) is 30.0 Å². The fourth-order valence-corrected chi connectivity index (χ4v) is 7.00. The highest BCUT2D eigenvalue weighted by Gasteiger charge is 2.61. The topological polar surface area (TPSA) is 144 Å². The lowest BCUT2D eigenvalue weighted by atomic mass is 10.1. The molecule has 1 aliphatic heterocycles. The van der Waals surface area contributed by atoms with Gasteiger partial charge in [-0.15, -0.1) is 6.58 Å². The van der Waals surface area contributed by atoms with E-state index in [9.17, 15) is 18.0 Å². The zero-order valence-corrected chi connectivity index (χ0v) is 23.5. The number of ether oxygens (including phenoxy) is 1. The molecule has 11 nitrogen and oxygen atoms in total. The van der Waals surface area contributed by atoms with Crippen molar-refractivity contribution in [2.45, 2.75) is 48.6 Å². The molecule has 4 aromatic rings. The van der Waals surface area contributed by atoms with Gasteiger partial charge in [-0.1, -0.05) is 48.5 Å². The standard InChI is InChI=1S/C30H30N6O5S/c1-2-19-16-30(19,29(38)35-42(39,40)21-12-13-21)33-28(37)25-14-20(17-31-25)41-26-15-24(18-8-4-3-5-9-18)32-27-22-10-6-7-11-23(22)34-36(26)27/h2-11,15,19-21,25,31H,1,12-14,16-17H2,(H,33,37)(H,35,38)/t19-,20-,25+,30?/m1/s1. The van der Waals surface area contributed by atoms with Gasteiger partial charge in [-0.3, -0.25) is 14.3 Å². The Bertz CT molecular complexity index is 1840. The molecular formula is C30H30N6O5S. The van der Waals surface area contributed by atoms with E-state index in [1.54, 1.807) is 10.6 Å². The third kappa shape index (κ3) is 4.70. The zero-order chi connectivity index (χ0) is 29.1. The molecule has 7 rings (SSSR count). The molecule has 12 heteroatoms. The van der Waals surface area contributed by atoms with Crippen LogP contribution in [0.1, 0.15) is 25.7 Å². The second-order valence-corrected chi connectivity index (χ2v) is 13.2. The number of sulfonamides is 1. The maximum atomic E-state index is 13.3. The summed E-state index contributed by atoms with van der Waals surface area (Å²) in [5.41, 5.74) is 1.81. The van der Waals surface area contributed by atoms with E-state index in [1.807, 2.05) is 60.7 Å². The van der Waals surface area contributed by atoms with Crippen molar-refractivity contribution in [1.29, 1.82) is 0 Å². The van der Waals surface area contributed by atoms with Crippen molar-refractivity contribution < 1.29 is 22.7 Å². The Balaban J connectivity index is 1.10. The molecule has 3 heterocycles. The Morgan fingerprint density at radius 1 is 1.12 bits per heavy atom. The van der Waals surface area contributed by atoms with Crippen LogP contribution in [0, 0.1) is 5.92 Å². The average molecular weight is 587 g/mol. The van der Waals surface area contributed by atoms with Crippen molar-refractivity contribution in [2.24, 2.45) is 5.92 Å². The summed E-state index contributed by atoms with van der Waals surface area (Å²) >= 11 is 0. The fourth-order valence-electron chi connectivity index (χ4n) is 5.63. The number of hydrogen-bond donors (Lipinski definition) is 3. The minimum atomic E-state index is -3.74. The molecule has 3 N–H and O–H groups in total. The highest BCUT2D eigenvalue weighted by molar-refractivity contribution is 7.91. The van der Waals surface area contributed by atoms with Crippen LogP contribution in [0.15, 0.2) is 73.3 Å². The Kier molecular flexibility index (Phi) is 6.28. The monoisotopic (exact) mass is 586 g/mol. The van der Waals surface area contributed by atoms with E-state index in [4.69, 9.17) is 14.8 Å². The van der Waals surface area contributed by atoms with Gasteiger partial charge in [0.05, 0.1) is 22.5 Å². The first-order valence-electron chi connectivity index (χ1n) is 14.0. The van der Waals surface area contributed by atoms with Crippen LogP contribution in [0.4, 0.5) is 0 Å². The fraction of sp³-hybridized carbons (Fsp3) is 0.333. The van der Waals surface area contributed by atoms with Crippen molar-refractivity contribution >= 4 is 38.4 Å². The van der Waals surface area contributed by atoms with Crippen molar-refractivity contribution in [3.05, 3.63) is 73.3 Å². The second kappa shape index (κ2) is 9.92. The van der Waals surface area contributed by atoms with Gasteiger partial charge in [-0.25, -0.2) is 13.4 Å². The molecule has 42 heavy (non-hydrogen) atoms. The van der Waals surface area contributed by atoms with E-state index in [1.165, 1.54) is 0 Å². The predicted octanol–water partition coefficient (Wildman–Crippen LogP) is 2.33. The van der Waals surface area contributed by atoms with Gasteiger partial charge in [-0.05, 0) is 31.4 Å². The van der Waals surface area contributed by atoms with Gasteiger partial charge in [-0.2, -0.15) is 9.61 Å². The average Bonchev–Trinajstić information content (AvgIpc) is 3.89. The van der Waals surface area contributed by atoms with Gasteiger partial charge < -0.3 is 15.4 Å². The van der Waals surface area contributed by atoms with E-state index in [0.29, 0.717) is 43.8 Å². The first-order chi connectivity index (χ1) is 20.3. The number of aromatic nitrogens is 3. The van der Waals surface area contributed by atoms with Crippen LogP contribution in [0.5, 0.6) is 5.88 Å². The lowest BCUT2D eigenvalue weighted by Gasteiger charge is -2.21. The van der Waals surface area contributed by atoms with E-state index in [2.05, 4.69) is 21.9 Å². The molecule has 2 aliphatic carbocycles. The van der Waals surface area contributed by atoms with Gasteiger partial charge in [0.2, 0.25) is 21.8 Å². The largest absolute Gasteiger partial charge is 0.473 e. The Labute approximate surface area is 242 Å². The number of hydrogen-bond acceptors (Lipinski definition) is 8. The van der Waals surface area contributed by atoms with E-state index in [0.717, 1.165) is 22.2 Å². The second-order valence-electron chi connectivity index (χ2n) is 11.2. The summed E-state index contributed by atoms with van der Waals surface area (Å²) in [6.07, 6.45) is 2.91. The normalized spacial score (nSPS) is 25.3. The highest BCUT2D eigenvalue weighted by Crippen LogP contribution is 2.45. The summed E-state index contributed by atoms with van der Waals surface area (Å²) in [5, 5.41) is 11.1. The number of carbonyl (C=O) groups excluding carboxylic acids is 2. The van der Waals surface area contributed by atoms with Crippen molar-refractivity contribution in [2.75, 3.05) is 6.54 Å². The molecule has 0 spiro atoms. The van der Waals surface area contributed by atoms with Gasteiger partial charge in [0, 0.05) is 35.9 Å². The Hall–Kier alpha value is -4.29. The molecule has 3 fully saturated rings. The number of fused-ring (bicyclic) bond motifs is 3.